The van der Waals surface area contributed by atoms with Crippen molar-refractivity contribution in [1.82, 2.24) is 0 Å². The van der Waals surface area contributed by atoms with Crippen LogP contribution in [-0.4, -0.2) is 19.3 Å². The normalized spacial score (nSPS) is 32.6. The number of hydrogen-bond acceptors (Lipinski definition) is 2. The largest absolute Gasteiger partial charge is 0.381 e. The molecule has 92 valence electrons. The van der Waals surface area contributed by atoms with Crippen molar-refractivity contribution in [3.05, 3.63) is 29.8 Å². The van der Waals surface area contributed by atoms with Crippen molar-refractivity contribution in [2.75, 3.05) is 18.5 Å². The summed E-state index contributed by atoms with van der Waals surface area (Å²) in [5.74, 6) is 1.39. The summed E-state index contributed by atoms with van der Waals surface area (Å²) in [6.45, 7) is 4.25. The maximum atomic E-state index is 5.63. The maximum Gasteiger partial charge on any atom is 0.0513 e. The lowest BCUT2D eigenvalue weighted by atomic mass is 9.80. The van der Waals surface area contributed by atoms with Gasteiger partial charge in [0.1, 0.15) is 0 Å². The predicted octanol–water partition coefficient (Wildman–Crippen LogP) is 3.09. The summed E-state index contributed by atoms with van der Waals surface area (Å²) in [5, 5.41) is 3.74. The Morgan fingerprint density at radius 2 is 2.18 bits per heavy atom. The Balaban J connectivity index is 1.79. The topological polar surface area (TPSA) is 21.3 Å². The van der Waals surface area contributed by atoms with Crippen LogP contribution in [0.4, 0.5) is 5.69 Å². The van der Waals surface area contributed by atoms with Gasteiger partial charge in [0, 0.05) is 24.3 Å². The van der Waals surface area contributed by atoms with Gasteiger partial charge in [0.05, 0.1) is 6.61 Å². The summed E-state index contributed by atoms with van der Waals surface area (Å²) in [5.41, 5.74) is 2.80. The van der Waals surface area contributed by atoms with E-state index in [1.807, 2.05) is 0 Å². The first-order chi connectivity index (χ1) is 8.34. The molecule has 0 bridgehead atoms. The van der Waals surface area contributed by atoms with Gasteiger partial charge in [-0.05, 0) is 36.8 Å². The molecule has 1 N–H and O–H groups in total. The number of fused-ring (bicyclic) bond motifs is 1. The average Bonchev–Trinajstić information content (AvgIpc) is 2.39. The molecule has 0 radical (unpaired) electrons. The predicted molar refractivity (Wildman–Crippen MR) is 70.3 cm³/mol. The molecule has 0 aromatic heterocycles. The van der Waals surface area contributed by atoms with Gasteiger partial charge in [-0.1, -0.05) is 25.1 Å². The Kier molecular flexibility index (Phi) is 3.06. The fourth-order valence-corrected chi connectivity index (χ4v) is 3.27. The molecule has 0 amide bonds. The maximum absolute atomic E-state index is 5.63. The van der Waals surface area contributed by atoms with Gasteiger partial charge in [-0.15, -0.1) is 0 Å². The minimum atomic E-state index is 0.588. The fraction of sp³-hybridized carbons (Fsp3) is 0.600. The van der Waals surface area contributed by atoms with Crippen LogP contribution in [0, 0.1) is 11.8 Å². The third kappa shape index (κ3) is 2.19. The minimum Gasteiger partial charge on any atom is -0.381 e. The number of rotatable bonds is 1. The zero-order valence-corrected chi connectivity index (χ0v) is 10.5. The zero-order valence-electron chi connectivity index (χ0n) is 10.5. The van der Waals surface area contributed by atoms with Gasteiger partial charge in [-0.25, -0.2) is 0 Å². The van der Waals surface area contributed by atoms with Gasteiger partial charge in [0.25, 0.3) is 0 Å². The summed E-state index contributed by atoms with van der Waals surface area (Å²) in [6, 6.07) is 9.29. The summed E-state index contributed by atoms with van der Waals surface area (Å²) >= 11 is 0. The highest BCUT2D eigenvalue weighted by Gasteiger charge is 2.32. The van der Waals surface area contributed by atoms with Gasteiger partial charge < -0.3 is 10.1 Å². The van der Waals surface area contributed by atoms with Gasteiger partial charge >= 0.3 is 0 Å². The number of benzene rings is 1. The molecule has 2 heteroatoms. The molecule has 3 rings (SSSR count). The van der Waals surface area contributed by atoms with Gasteiger partial charge in [0.15, 0.2) is 0 Å². The first-order valence-electron chi connectivity index (χ1n) is 6.77. The highest BCUT2D eigenvalue weighted by atomic mass is 16.5. The van der Waals surface area contributed by atoms with Crippen molar-refractivity contribution in [1.29, 1.82) is 0 Å². The second-order valence-corrected chi connectivity index (χ2v) is 5.49. The number of anilines is 1. The lowest BCUT2D eigenvalue weighted by Gasteiger charge is -2.39. The van der Waals surface area contributed by atoms with Crippen molar-refractivity contribution in [3.63, 3.8) is 0 Å². The van der Waals surface area contributed by atoms with Crippen LogP contribution in [0.2, 0.25) is 0 Å². The van der Waals surface area contributed by atoms with E-state index in [1.165, 1.54) is 30.5 Å². The SMILES string of the molecule is CC1Cc2ccccc2NC1C1CCCOC1. The third-order valence-corrected chi connectivity index (χ3v) is 4.20. The van der Waals surface area contributed by atoms with Crippen LogP contribution in [0.3, 0.4) is 0 Å². The highest BCUT2D eigenvalue weighted by molar-refractivity contribution is 5.54. The van der Waals surface area contributed by atoms with E-state index >= 15 is 0 Å². The van der Waals surface area contributed by atoms with Crippen molar-refractivity contribution in [2.24, 2.45) is 11.8 Å². The molecule has 1 aromatic carbocycles. The van der Waals surface area contributed by atoms with Gasteiger partial charge in [0.2, 0.25) is 0 Å². The van der Waals surface area contributed by atoms with E-state index in [0.717, 1.165) is 13.2 Å². The van der Waals surface area contributed by atoms with E-state index in [0.29, 0.717) is 17.9 Å². The summed E-state index contributed by atoms with van der Waals surface area (Å²) in [7, 11) is 0. The minimum absolute atomic E-state index is 0.588. The van der Waals surface area contributed by atoms with Crippen molar-refractivity contribution >= 4 is 5.69 Å². The quantitative estimate of drug-likeness (QED) is 0.802. The number of para-hydroxylation sites is 1. The standard InChI is InChI=1S/C15H21NO/c1-11-9-12-5-2-3-7-14(12)16-15(11)13-6-4-8-17-10-13/h2-3,5,7,11,13,15-16H,4,6,8-10H2,1H3. The van der Waals surface area contributed by atoms with Gasteiger partial charge in [-0.3, -0.25) is 0 Å². The number of nitrogens with one attached hydrogen (secondary N) is 1. The Morgan fingerprint density at radius 1 is 1.29 bits per heavy atom. The number of hydrogen-bond donors (Lipinski definition) is 1. The first kappa shape index (κ1) is 11.1. The monoisotopic (exact) mass is 231 g/mol. The number of ether oxygens (including phenoxy) is 1. The van der Waals surface area contributed by atoms with E-state index in [2.05, 4.69) is 36.5 Å². The molecule has 1 saturated heterocycles. The van der Waals surface area contributed by atoms with E-state index in [-0.39, 0.29) is 0 Å². The molecule has 1 aromatic rings. The van der Waals surface area contributed by atoms with Crippen LogP contribution in [-0.2, 0) is 11.2 Å². The smallest absolute Gasteiger partial charge is 0.0513 e. The van der Waals surface area contributed by atoms with Crippen LogP contribution in [0.15, 0.2) is 24.3 Å². The van der Waals surface area contributed by atoms with Crippen molar-refractivity contribution < 1.29 is 4.74 Å². The molecule has 2 nitrogen and oxygen atoms in total. The summed E-state index contributed by atoms with van der Waals surface area (Å²) < 4.78 is 5.63. The molecule has 3 unspecified atom stereocenters. The van der Waals surface area contributed by atoms with Crippen molar-refractivity contribution in [2.45, 2.75) is 32.2 Å². The lowest BCUT2D eigenvalue weighted by molar-refractivity contribution is 0.0400. The second kappa shape index (κ2) is 4.69. The van der Waals surface area contributed by atoms with Gasteiger partial charge in [-0.2, -0.15) is 0 Å². The molecule has 2 heterocycles. The molecule has 3 atom stereocenters. The lowest BCUT2D eigenvalue weighted by Crippen LogP contribution is -2.42. The molecule has 2 aliphatic rings. The van der Waals surface area contributed by atoms with Crippen LogP contribution >= 0.6 is 0 Å². The van der Waals surface area contributed by atoms with E-state index in [9.17, 15) is 0 Å². The first-order valence-corrected chi connectivity index (χ1v) is 6.77. The Bertz CT molecular complexity index is 384. The second-order valence-electron chi connectivity index (χ2n) is 5.49. The highest BCUT2D eigenvalue weighted by Crippen LogP contribution is 2.33. The Labute approximate surface area is 103 Å². The molecular formula is C15H21NO. The van der Waals surface area contributed by atoms with Crippen LogP contribution in [0.5, 0.6) is 0 Å². The molecule has 0 aliphatic carbocycles. The average molecular weight is 231 g/mol. The summed E-state index contributed by atoms with van der Waals surface area (Å²) in [6.07, 6.45) is 3.73. The molecule has 17 heavy (non-hydrogen) atoms. The molecule has 0 saturated carbocycles. The van der Waals surface area contributed by atoms with Crippen LogP contribution < -0.4 is 5.32 Å². The Hall–Kier alpha value is -1.02. The molecule has 0 spiro atoms. The van der Waals surface area contributed by atoms with E-state index in [1.54, 1.807) is 0 Å². The summed E-state index contributed by atoms with van der Waals surface area (Å²) in [4.78, 5) is 0. The third-order valence-electron chi connectivity index (χ3n) is 4.20. The molecule has 2 aliphatic heterocycles. The fourth-order valence-electron chi connectivity index (χ4n) is 3.27. The van der Waals surface area contributed by atoms with Crippen LogP contribution in [0.25, 0.3) is 0 Å². The Morgan fingerprint density at radius 3 is 3.00 bits per heavy atom. The zero-order chi connectivity index (χ0) is 11.7. The molecular weight excluding hydrogens is 210 g/mol. The van der Waals surface area contributed by atoms with Crippen molar-refractivity contribution in [3.8, 4) is 0 Å². The van der Waals surface area contributed by atoms with E-state index < -0.39 is 0 Å². The van der Waals surface area contributed by atoms with Crippen LogP contribution in [0.1, 0.15) is 25.3 Å². The van der Waals surface area contributed by atoms with E-state index in [4.69, 9.17) is 4.74 Å². The molecule has 1 fully saturated rings.